The van der Waals surface area contributed by atoms with Gasteiger partial charge in [0, 0.05) is 18.0 Å². The molecule has 1 atom stereocenters. The van der Waals surface area contributed by atoms with Crippen molar-refractivity contribution in [2.24, 2.45) is 0 Å². The Morgan fingerprint density at radius 2 is 1.87 bits per heavy atom. The number of aromatic hydroxyl groups is 1. The molecule has 1 N–H and O–H groups in total. The molecule has 4 heteroatoms. The van der Waals surface area contributed by atoms with Crippen molar-refractivity contribution in [1.29, 1.82) is 0 Å². The number of likely N-dealkylation sites (N-methyl/N-ethyl adjacent to an activating group) is 1. The summed E-state index contributed by atoms with van der Waals surface area (Å²) in [6.07, 6.45) is 0.160. The maximum atomic E-state index is 12.5. The minimum atomic E-state index is -0.180. The second-order valence-corrected chi connectivity index (χ2v) is 5.67. The summed E-state index contributed by atoms with van der Waals surface area (Å²) in [5.41, 5.74) is 1.44. The number of carbonyl (C=O) groups is 1. The van der Waals surface area contributed by atoms with E-state index in [2.05, 4.69) is 0 Å². The van der Waals surface area contributed by atoms with Gasteiger partial charge in [-0.05, 0) is 25.1 Å². The Morgan fingerprint density at radius 3 is 2.61 bits per heavy atom. The predicted octanol–water partition coefficient (Wildman–Crippen LogP) is 3.90. The van der Waals surface area contributed by atoms with Crippen molar-refractivity contribution in [2.45, 2.75) is 19.4 Å². The topological polar surface area (TPSA) is 53.7 Å². The lowest BCUT2D eigenvalue weighted by molar-refractivity contribution is -0.131. The first-order valence-electron chi connectivity index (χ1n) is 7.57. The van der Waals surface area contributed by atoms with Gasteiger partial charge in [0.05, 0.1) is 12.5 Å². The van der Waals surface area contributed by atoms with E-state index in [4.69, 9.17) is 4.42 Å². The molecule has 0 spiro atoms. The Bertz CT molecular complexity index is 804. The lowest BCUT2D eigenvalue weighted by atomic mass is 10.1. The number of phenolic OH excluding ortho intramolecular Hbond substituents is 1. The van der Waals surface area contributed by atoms with Crippen LogP contribution < -0.4 is 0 Å². The van der Waals surface area contributed by atoms with Crippen LogP contribution in [0.15, 0.2) is 59.0 Å². The molecule has 2 aromatic carbocycles. The van der Waals surface area contributed by atoms with Crippen molar-refractivity contribution in [3.63, 3.8) is 0 Å². The molecule has 0 aliphatic carbocycles. The van der Waals surface area contributed by atoms with Crippen LogP contribution in [-0.4, -0.2) is 23.0 Å². The Kier molecular flexibility index (Phi) is 4.06. The highest BCUT2D eigenvalue weighted by atomic mass is 16.3. The molecule has 0 saturated carbocycles. The maximum Gasteiger partial charge on any atom is 0.227 e. The number of para-hydroxylation sites is 2. The minimum Gasteiger partial charge on any atom is -0.508 e. The SMILES string of the molecule is C[C@H](c1cc2ccccc2o1)N(C)C(=O)Cc1ccccc1O. The average Bonchev–Trinajstić information content (AvgIpc) is 2.99. The van der Waals surface area contributed by atoms with Gasteiger partial charge in [-0.3, -0.25) is 4.79 Å². The van der Waals surface area contributed by atoms with Crippen molar-refractivity contribution in [1.82, 2.24) is 4.90 Å². The summed E-state index contributed by atoms with van der Waals surface area (Å²) in [4.78, 5) is 14.1. The normalized spacial score (nSPS) is 12.3. The van der Waals surface area contributed by atoms with Gasteiger partial charge >= 0.3 is 0 Å². The van der Waals surface area contributed by atoms with Crippen LogP contribution in [0.1, 0.15) is 24.3 Å². The van der Waals surface area contributed by atoms with Gasteiger partial charge in [-0.15, -0.1) is 0 Å². The number of hydrogen-bond acceptors (Lipinski definition) is 3. The zero-order chi connectivity index (χ0) is 16.4. The van der Waals surface area contributed by atoms with E-state index < -0.39 is 0 Å². The summed E-state index contributed by atoms with van der Waals surface area (Å²) in [6, 6.07) is 16.5. The van der Waals surface area contributed by atoms with E-state index in [0.717, 1.165) is 16.7 Å². The molecule has 0 radical (unpaired) electrons. The van der Waals surface area contributed by atoms with Crippen molar-refractivity contribution in [2.75, 3.05) is 7.05 Å². The van der Waals surface area contributed by atoms with E-state index in [1.807, 2.05) is 43.3 Å². The molecule has 0 fully saturated rings. The fourth-order valence-electron chi connectivity index (χ4n) is 2.56. The molecule has 0 bridgehead atoms. The highest BCUT2D eigenvalue weighted by molar-refractivity contribution is 5.80. The molecule has 3 rings (SSSR count). The molecule has 0 aliphatic rings. The fourth-order valence-corrected chi connectivity index (χ4v) is 2.56. The second kappa shape index (κ2) is 6.16. The van der Waals surface area contributed by atoms with E-state index in [1.165, 1.54) is 0 Å². The molecule has 1 heterocycles. The van der Waals surface area contributed by atoms with Crippen molar-refractivity contribution in [3.8, 4) is 5.75 Å². The first-order chi connectivity index (χ1) is 11.1. The van der Waals surface area contributed by atoms with Crippen LogP contribution >= 0.6 is 0 Å². The second-order valence-electron chi connectivity index (χ2n) is 5.67. The predicted molar refractivity (Wildman–Crippen MR) is 89.2 cm³/mol. The number of hydrogen-bond donors (Lipinski definition) is 1. The lowest BCUT2D eigenvalue weighted by Gasteiger charge is -2.23. The largest absolute Gasteiger partial charge is 0.508 e. The summed E-state index contributed by atoms with van der Waals surface area (Å²) in [7, 11) is 1.75. The molecule has 23 heavy (non-hydrogen) atoms. The van der Waals surface area contributed by atoms with Gasteiger partial charge in [0.2, 0.25) is 5.91 Å². The number of fused-ring (bicyclic) bond motifs is 1. The molecule has 118 valence electrons. The number of amides is 1. The molecule has 1 amide bonds. The molecule has 0 saturated heterocycles. The highest BCUT2D eigenvalue weighted by Crippen LogP contribution is 2.27. The van der Waals surface area contributed by atoms with Gasteiger partial charge in [-0.1, -0.05) is 36.4 Å². The summed E-state index contributed by atoms with van der Waals surface area (Å²) < 4.78 is 5.83. The number of benzene rings is 2. The van der Waals surface area contributed by atoms with Crippen LogP contribution in [0.3, 0.4) is 0 Å². The van der Waals surface area contributed by atoms with Crippen molar-refractivity contribution < 1.29 is 14.3 Å². The summed E-state index contributed by atoms with van der Waals surface area (Å²) in [6.45, 7) is 1.93. The highest BCUT2D eigenvalue weighted by Gasteiger charge is 2.21. The van der Waals surface area contributed by atoms with Crippen molar-refractivity contribution >= 4 is 16.9 Å². The fraction of sp³-hybridized carbons (Fsp3) is 0.211. The van der Waals surface area contributed by atoms with Gasteiger partial charge in [-0.2, -0.15) is 0 Å². The third-order valence-electron chi connectivity index (χ3n) is 4.16. The number of furan rings is 1. The molecule has 0 aliphatic heterocycles. The average molecular weight is 309 g/mol. The zero-order valence-electron chi connectivity index (χ0n) is 13.2. The number of nitrogens with zero attached hydrogens (tertiary/aromatic N) is 1. The summed E-state index contributed by atoms with van der Waals surface area (Å²) in [5.74, 6) is 0.824. The molecule has 0 unspecified atom stereocenters. The van der Waals surface area contributed by atoms with Crippen LogP contribution in [-0.2, 0) is 11.2 Å². The van der Waals surface area contributed by atoms with E-state index in [0.29, 0.717) is 5.56 Å². The van der Waals surface area contributed by atoms with Gasteiger partial charge in [-0.25, -0.2) is 0 Å². The standard InChI is InChI=1S/C19H19NO3/c1-13(18-11-15-8-4-6-10-17(15)23-18)20(2)19(22)12-14-7-3-5-9-16(14)21/h3-11,13,21H,12H2,1-2H3/t13-/m1/s1. The number of carbonyl (C=O) groups excluding carboxylic acids is 1. The van der Waals surface area contributed by atoms with Crippen LogP contribution in [0.2, 0.25) is 0 Å². The molecular weight excluding hydrogens is 290 g/mol. The first-order valence-corrected chi connectivity index (χ1v) is 7.57. The van der Waals surface area contributed by atoms with E-state index in [1.54, 1.807) is 30.1 Å². The molecule has 4 nitrogen and oxygen atoms in total. The number of phenols is 1. The van der Waals surface area contributed by atoms with Crippen LogP contribution in [0.25, 0.3) is 11.0 Å². The van der Waals surface area contributed by atoms with Gasteiger partial charge < -0.3 is 14.4 Å². The summed E-state index contributed by atoms with van der Waals surface area (Å²) >= 11 is 0. The van der Waals surface area contributed by atoms with Gasteiger partial charge in [0.1, 0.15) is 17.1 Å². The zero-order valence-corrected chi connectivity index (χ0v) is 13.2. The monoisotopic (exact) mass is 309 g/mol. The summed E-state index contributed by atoms with van der Waals surface area (Å²) in [5, 5.41) is 10.8. The van der Waals surface area contributed by atoms with Crippen LogP contribution in [0, 0.1) is 0 Å². The first kappa shape index (κ1) is 15.2. The minimum absolute atomic E-state index is 0.0699. The Labute approximate surface area is 135 Å². The van der Waals surface area contributed by atoms with E-state index >= 15 is 0 Å². The third-order valence-corrected chi connectivity index (χ3v) is 4.16. The van der Waals surface area contributed by atoms with Gasteiger partial charge in [0.15, 0.2) is 0 Å². The smallest absolute Gasteiger partial charge is 0.227 e. The maximum absolute atomic E-state index is 12.5. The van der Waals surface area contributed by atoms with E-state index in [9.17, 15) is 9.90 Å². The Morgan fingerprint density at radius 1 is 1.17 bits per heavy atom. The third kappa shape index (κ3) is 3.06. The van der Waals surface area contributed by atoms with Crippen LogP contribution in [0.5, 0.6) is 5.75 Å². The Hall–Kier alpha value is -2.75. The Balaban J connectivity index is 1.77. The molecule has 3 aromatic rings. The van der Waals surface area contributed by atoms with Crippen LogP contribution in [0.4, 0.5) is 0 Å². The molecule has 1 aromatic heterocycles. The molecular formula is C19H19NO3. The quantitative estimate of drug-likeness (QED) is 0.795. The van der Waals surface area contributed by atoms with E-state index in [-0.39, 0.29) is 24.1 Å². The lowest BCUT2D eigenvalue weighted by Crippen LogP contribution is -2.30. The number of rotatable bonds is 4. The van der Waals surface area contributed by atoms with Gasteiger partial charge in [0.25, 0.3) is 0 Å². The van der Waals surface area contributed by atoms with Crippen molar-refractivity contribution in [3.05, 3.63) is 65.9 Å².